The van der Waals surface area contributed by atoms with E-state index in [1.165, 1.54) is 0 Å². The molecule has 0 spiro atoms. The summed E-state index contributed by atoms with van der Waals surface area (Å²) in [4.78, 5) is 9.71. The van der Waals surface area contributed by atoms with Crippen molar-refractivity contribution in [3.8, 4) is 0 Å². The molecule has 0 bridgehead atoms. The van der Waals surface area contributed by atoms with E-state index in [-0.39, 0.29) is 19.5 Å². The molecule has 0 saturated heterocycles. The van der Waals surface area contributed by atoms with Crippen LogP contribution in [0.3, 0.4) is 0 Å². The molecule has 44 valence electrons. The fourth-order valence-corrected chi connectivity index (χ4v) is 0.401. The molecule has 0 aromatic heterocycles. The normalized spacial score (nSPS) is 8.38. The Labute approximate surface area is 63.6 Å². The second-order valence-corrected chi connectivity index (χ2v) is 2.14. The number of aldehydes is 1. The van der Waals surface area contributed by atoms with Crippen molar-refractivity contribution >= 4 is 6.29 Å². The van der Waals surface area contributed by atoms with Gasteiger partial charge in [-0.05, 0) is 12.3 Å². The van der Waals surface area contributed by atoms with Crippen molar-refractivity contribution in [2.75, 3.05) is 0 Å². The predicted molar refractivity (Wildman–Crippen MR) is 30.1 cm³/mol. The molecule has 0 aliphatic heterocycles. The monoisotopic (exact) mass is 164 g/mol. The third-order valence-electron chi connectivity index (χ3n) is 0.862. The molecule has 0 saturated carbocycles. The van der Waals surface area contributed by atoms with Gasteiger partial charge >= 0.3 is 0 Å². The smallest absolute Gasteiger partial charge is 0.120 e. The Morgan fingerprint density at radius 1 is 1.50 bits per heavy atom. The van der Waals surface area contributed by atoms with Gasteiger partial charge in [0, 0.05) is 25.9 Å². The van der Waals surface area contributed by atoms with Gasteiger partial charge in [0.25, 0.3) is 0 Å². The largest absolute Gasteiger partial charge is 0.303 e. The van der Waals surface area contributed by atoms with Gasteiger partial charge in [0.05, 0.1) is 0 Å². The van der Waals surface area contributed by atoms with E-state index >= 15 is 0 Å². The average Bonchev–Trinajstić information content (AvgIpc) is 1.61. The van der Waals surface area contributed by atoms with E-state index in [0.29, 0.717) is 5.92 Å². The minimum absolute atomic E-state index is 0. The third-order valence-corrected chi connectivity index (χ3v) is 0.862. The molecule has 1 nitrogen and oxygen atoms in total. The number of carbonyl (C=O) groups excluding carboxylic acids is 1. The molecule has 0 unspecified atom stereocenters. The molecule has 0 atom stereocenters. The molecule has 0 aliphatic rings. The maximum Gasteiger partial charge on any atom is 0.120 e. The van der Waals surface area contributed by atoms with E-state index in [0.717, 1.165) is 19.1 Å². The van der Waals surface area contributed by atoms with Gasteiger partial charge in [0.1, 0.15) is 6.29 Å². The molecule has 0 fully saturated rings. The summed E-state index contributed by atoms with van der Waals surface area (Å²) in [6.45, 7) is 4.23. The van der Waals surface area contributed by atoms with Crippen molar-refractivity contribution in [1.29, 1.82) is 0 Å². The maximum atomic E-state index is 9.71. The van der Waals surface area contributed by atoms with Gasteiger partial charge in [-0.25, -0.2) is 0 Å². The van der Waals surface area contributed by atoms with Crippen LogP contribution in [0.1, 0.15) is 26.7 Å². The molecule has 0 N–H and O–H groups in total. The SMILES string of the molecule is CC(C)CCC=O.[Zn]. The van der Waals surface area contributed by atoms with Crippen molar-refractivity contribution in [3.05, 3.63) is 0 Å². The number of hydrogen-bond acceptors (Lipinski definition) is 1. The van der Waals surface area contributed by atoms with Gasteiger partial charge in [0.15, 0.2) is 0 Å². The first-order valence-electron chi connectivity index (χ1n) is 2.71. The van der Waals surface area contributed by atoms with Gasteiger partial charge in [-0.2, -0.15) is 0 Å². The molecular weight excluding hydrogens is 153 g/mol. The number of hydrogen-bond donors (Lipinski definition) is 0. The second-order valence-electron chi connectivity index (χ2n) is 2.14. The molecule has 0 heterocycles. The number of rotatable bonds is 3. The second kappa shape index (κ2) is 7.29. The van der Waals surface area contributed by atoms with Crippen molar-refractivity contribution in [1.82, 2.24) is 0 Å². The van der Waals surface area contributed by atoms with Crippen molar-refractivity contribution in [2.24, 2.45) is 5.92 Å². The van der Waals surface area contributed by atoms with Crippen LogP contribution in [0.4, 0.5) is 0 Å². The molecule has 2 heteroatoms. The molecule has 0 amide bonds. The minimum atomic E-state index is 0. The number of carbonyl (C=O) groups is 1. The van der Waals surface area contributed by atoms with Crippen LogP contribution in [-0.4, -0.2) is 6.29 Å². The van der Waals surface area contributed by atoms with Crippen LogP contribution in [0.2, 0.25) is 0 Å². The summed E-state index contributed by atoms with van der Waals surface area (Å²) in [6, 6.07) is 0. The van der Waals surface area contributed by atoms with E-state index in [1.54, 1.807) is 0 Å². The van der Waals surface area contributed by atoms with E-state index < -0.39 is 0 Å². The summed E-state index contributed by atoms with van der Waals surface area (Å²) in [6.07, 6.45) is 2.72. The zero-order chi connectivity index (χ0) is 5.70. The first-order valence-corrected chi connectivity index (χ1v) is 2.71. The van der Waals surface area contributed by atoms with E-state index in [1.807, 2.05) is 0 Å². The van der Waals surface area contributed by atoms with Gasteiger partial charge in [-0.3, -0.25) is 0 Å². The summed E-state index contributed by atoms with van der Waals surface area (Å²) in [7, 11) is 0. The maximum absolute atomic E-state index is 9.71. The zero-order valence-corrected chi connectivity index (χ0v) is 8.65. The first-order chi connectivity index (χ1) is 3.27. The van der Waals surface area contributed by atoms with Crippen LogP contribution >= 0.6 is 0 Å². The zero-order valence-electron chi connectivity index (χ0n) is 5.68. The van der Waals surface area contributed by atoms with Crippen molar-refractivity contribution < 1.29 is 24.3 Å². The summed E-state index contributed by atoms with van der Waals surface area (Å²) in [5, 5.41) is 0. The van der Waals surface area contributed by atoms with Crippen LogP contribution in [-0.2, 0) is 24.3 Å². The van der Waals surface area contributed by atoms with E-state index in [9.17, 15) is 4.79 Å². The van der Waals surface area contributed by atoms with Gasteiger partial charge in [-0.15, -0.1) is 0 Å². The Balaban J connectivity index is 0. The summed E-state index contributed by atoms with van der Waals surface area (Å²) < 4.78 is 0. The molecule has 0 aromatic carbocycles. The molecule has 0 aliphatic carbocycles. The molecule has 0 rings (SSSR count). The van der Waals surface area contributed by atoms with Crippen LogP contribution in [0.15, 0.2) is 0 Å². The van der Waals surface area contributed by atoms with Crippen LogP contribution in [0.25, 0.3) is 0 Å². The van der Waals surface area contributed by atoms with Gasteiger partial charge < -0.3 is 4.79 Å². The Kier molecular flexibility index (Phi) is 10.2. The van der Waals surface area contributed by atoms with E-state index in [2.05, 4.69) is 13.8 Å². The fraction of sp³-hybridized carbons (Fsp3) is 0.833. The van der Waals surface area contributed by atoms with Crippen molar-refractivity contribution in [2.45, 2.75) is 26.7 Å². The Morgan fingerprint density at radius 3 is 2.12 bits per heavy atom. The molecule has 8 heavy (non-hydrogen) atoms. The van der Waals surface area contributed by atoms with Crippen LogP contribution in [0, 0.1) is 5.92 Å². The Hall–Kier alpha value is 0.293. The third kappa shape index (κ3) is 9.57. The Morgan fingerprint density at radius 2 is 2.00 bits per heavy atom. The van der Waals surface area contributed by atoms with Crippen LogP contribution < -0.4 is 0 Å². The van der Waals surface area contributed by atoms with Crippen LogP contribution in [0.5, 0.6) is 0 Å². The summed E-state index contributed by atoms with van der Waals surface area (Å²) in [5.41, 5.74) is 0. The first kappa shape index (κ1) is 11.1. The predicted octanol–water partition coefficient (Wildman–Crippen LogP) is 1.62. The van der Waals surface area contributed by atoms with Gasteiger partial charge in [0.2, 0.25) is 0 Å². The molecule has 0 aromatic rings. The molecule has 0 radical (unpaired) electrons. The summed E-state index contributed by atoms with van der Waals surface area (Å²) in [5.74, 6) is 0.671. The fourth-order valence-electron chi connectivity index (χ4n) is 0.401. The standard InChI is InChI=1S/C6H12O.Zn/c1-6(2)4-3-5-7;/h5-6H,3-4H2,1-2H3;. The van der Waals surface area contributed by atoms with Gasteiger partial charge in [-0.1, -0.05) is 13.8 Å². The van der Waals surface area contributed by atoms with Crippen molar-refractivity contribution in [3.63, 3.8) is 0 Å². The molecular formula is C6H12OZn. The Bertz CT molecular complexity index is 52.5. The topological polar surface area (TPSA) is 17.1 Å². The summed E-state index contributed by atoms with van der Waals surface area (Å²) >= 11 is 0. The van der Waals surface area contributed by atoms with E-state index in [4.69, 9.17) is 0 Å². The quantitative estimate of drug-likeness (QED) is 0.459. The average molecular weight is 166 g/mol. The minimum Gasteiger partial charge on any atom is -0.303 e.